The second kappa shape index (κ2) is 11.1. The predicted molar refractivity (Wildman–Crippen MR) is 144 cm³/mol. The maximum atomic E-state index is 12.5. The van der Waals surface area contributed by atoms with Crippen LogP contribution in [0, 0.1) is 0 Å². The van der Waals surface area contributed by atoms with Crippen LogP contribution in [0.5, 0.6) is 0 Å². The Bertz CT molecular complexity index is 1220. The van der Waals surface area contributed by atoms with E-state index >= 15 is 0 Å². The van der Waals surface area contributed by atoms with Crippen molar-refractivity contribution < 1.29 is 4.79 Å². The fourth-order valence-electron chi connectivity index (χ4n) is 5.07. The van der Waals surface area contributed by atoms with Gasteiger partial charge in [-0.05, 0) is 62.0 Å². The molecule has 8 heteroatoms. The lowest BCUT2D eigenvalue weighted by atomic mass is 10.0. The Labute approximate surface area is 212 Å². The number of hydrogen-bond donors (Lipinski definition) is 5. The summed E-state index contributed by atoms with van der Waals surface area (Å²) in [5, 5.41) is 6.82. The maximum Gasteiger partial charge on any atom is 0.264 e. The molecule has 3 heterocycles. The first-order valence-corrected chi connectivity index (χ1v) is 13.0. The van der Waals surface area contributed by atoms with Crippen LogP contribution >= 0.6 is 0 Å². The van der Waals surface area contributed by atoms with Gasteiger partial charge in [0.1, 0.15) is 11.7 Å². The summed E-state index contributed by atoms with van der Waals surface area (Å²) in [7, 11) is 0. The van der Waals surface area contributed by atoms with E-state index in [4.69, 9.17) is 11.5 Å². The van der Waals surface area contributed by atoms with Gasteiger partial charge < -0.3 is 27.1 Å². The van der Waals surface area contributed by atoms with Gasteiger partial charge in [-0.15, -0.1) is 0 Å². The van der Waals surface area contributed by atoms with E-state index in [0.29, 0.717) is 17.3 Å². The van der Waals surface area contributed by atoms with Crippen LogP contribution in [0.1, 0.15) is 62.2 Å². The summed E-state index contributed by atoms with van der Waals surface area (Å²) in [4.78, 5) is 24.7. The summed E-state index contributed by atoms with van der Waals surface area (Å²) in [6.45, 7) is 1.89. The number of aliphatic imine (C=N–C) groups is 1. The molecule has 188 valence electrons. The zero-order valence-electron chi connectivity index (χ0n) is 20.6. The molecular weight excluding hydrogens is 450 g/mol. The van der Waals surface area contributed by atoms with Crippen molar-refractivity contribution >= 4 is 17.4 Å². The summed E-state index contributed by atoms with van der Waals surface area (Å²) in [6, 6.07) is 14.0. The number of amides is 1. The summed E-state index contributed by atoms with van der Waals surface area (Å²) < 4.78 is 0. The molecule has 0 radical (unpaired) electrons. The zero-order valence-corrected chi connectivity index (χ0v) is 20.6. The highest BCUT2D eigenvalue weighted by Gasteiger charge is 2.21. The normalized spacial score (nSPS) is 21.2. The van der Waals surface area contributed by atoms with Gasteiger partial charge in [0, 0.05) is 22.9 Å². The lowest BCUT2D eigenvalue weighted by Gasteiger charge is -2.20. The monoisotopic (exact) mass is 485 g/mol. The molecule has 36 heavy (non-hydrogen) atoms. The molecule has 1 aromatic heterocycles. The van der Waals surface area contributed by atoms with Crippen molar-refractivity contribution in [2.24, 2.45) is 10.7 Å². The van der Waals surface area contributed by atoms with Crippen molar-refractivity contribution in [2.45, 2.75) is 57.0 Å². The average Bonchev–Trinajstić information content (AvgIpc) is 3.24. The van der Waals surface area contributed by atoms with Gasteiger partial charge in [-0.1, -0.05) is 49.6 Å². The smallest absolute Gasteiger partial charge is 0.264 e. The van der Waals surface area contributed by atoms with E-state index in [1.165, 1.54) is 19.3 Å². The van der Waals surface area contributed by atoms with Crippen LogP contribution in [0.2, 0.25) is 0 Å². The molecule has 2 aliphatic heterocycles. The molecule has 2 aromatic carbocycles. The van der Waals surface area contributed by atoms with Crippen LogP contribution < -0.4 is 22.1 Å². The number of nitrogen functional groups attached to an aromatic ring is 1. The van der Waals surface area contributed by atoms with E-state index < -0.39 is 0 Å². The first-order chi connectivity index (χ1) is 17.6. The number of rotatable bonds is 5. The molecule has 0 aliphatic carbocycles. The number of aromatic amines is 1. The molecule has 7 N–H and O–H groups in total. The Kier molecular flexibility index (Phi) is 7.44. The highest BCUT2D eigenvalue weighted by molar-refractivity contribution is 6.08. The van der Waals surface area contributed by atoms with Crippen molar-refractivity contribution in [3.8, 4) is 22.5 Å². The second-order valence-corrected chi connectivity index (χ2v) is 9.76. The van der Waals surface area contributed by atoms with Crippen molar-refractivity contribution in [3.63, 3.8) is 0 Å². The number of imidazole rings is 1. The Hall–Kier alpha value is -3.49. The third-order valence-corrected chi connectivity index (χ3v) is 7.19. The fraction of sp³-hybridized carbons (Fsp3) is 0.393. The fourth-order valence-corrected chi connectivity index (χ4v) is 5.07. The second-order valence-electron chi connectivity index (χ2n) is 9.76. The third kappa shape index (κ3) is 5.50. The number of piperidine rings is 1. The number of anilines is 1. The number of hydrogen-bond acceptors (Lipinski definition) is 5. The molecule has 8 nitrogen and oxygen atoms in total. The van der Waals surface area contributed by atoms with Gasteiger partial charge in [-0.2, -0.15) is 4.99 Å². The van der Waals surface area contributed by atoms with Crippen LogP contribution in [-0.4, -0.2) is 40.8 Å². The van der Waals surface area contributed by atoms with Gasteiger partial charge in [-0.25, -0.2) is 4.98 Å². The number of aromatic nitrogens is 2. The molecule has 0 unspecified atom stereocenters. The van der Waals surface area contributed by atoms with Crippen LogP contribution in [0.4, 0.5) is 5.69 Å². The molecule has 0 saturated carbocycles. The van der Waals surface area contributed by atoms with Crippen molar-refractivity contribution in [2.75, 3.05) is 18.8 Å². The maximum absolute atomic E-state index is 12.5. The Morgan fingerprint density at radius 3 is 2.39 bits per heavy atom. The largest absolute Gasteiger partial charge is 0.398 e. The number of nitrogens with zero attached hydrogens (tertiary/aromatic N) is 2. The highest BCUT2D eigenvalue weighted by atomic mass is 16.1. The number of amidine groups is 1. The molecule has 1 amide bonds. The first kappa shape index (κ1) is 24.2. The van der Waals surface area contributed by atoms with Crippen molar-refractivity contribution in [1.82, 2.24) is 20.6 Å². The van der Waals surface area contributed by atoms with E-state index in [-0.39, 0.29) is 17.8 Å². The van der Waals surface area contributed by atoms with E-state index in [0.717, 1.165) is 67.0 Å². The molecule has 2 aliphatic rings. The topological polar surface area (TPSA) is 134 Å². The number of nitrogens with two attached hydrogens (primary N) is 2. The van der Waals surface area contributed by atoms with Gasteiger partial charge in [0.15, 0.2) is 0 Å². The third-order valence-electron chi connectivity index (χ3n) is 7.19. The van der Waals surface area contributed by atoms with Gasteiger partial charge >= 0.3 is 0 Å². The lowest BCUT2D eigenvalue weighted by molar-refractivity contribution is -0.120. The van der Waals surface area contributed by atoms with Crippen molar-refractivity contribution in [1.29, 1.82) is 0 Å². The predicted octanol–water partition coefficient (Wildman–Crippen LogP) is 3.90. The minimum Gasteiger partial charge on any atom is -0.398 e. The summed E-state index contributed by atoms with van der Waals surface area (Å²) >= 11 is 0. The minimum atomic E-state index is -0.259. The van der Waals surface area contributed by atoms with E-state index in [9.17, 15) is 4.79 Å². The molecule has 3 aromatic rings. The average molecular weight is 486 g/mol. The summed E-state index contributed by atoms with van der Waals surface area (Å²) in [5.74, 6) is 0.796. The van der Waals surface area contributed by atoms with E-state index in [2.05, 4.69) is 49.9 Å². The molecule has 0 spiro atoms. The highest BCUT2D eigenvalue weighted by Crippen LogP contribution is 2.28. The van der Waals surface area contributed by atoms with Gasteiger partial charge in [-0.3, -0.25) is 4.79 Å². The van der Waals surface area contributed by atoms with Gasteiger partial charge in [0.05, 0.1) is 17.9 Å². The number of benzene rings is 2. The quantitative estimate of drug-likeness (QED) is 0.211. The lowest BCUT2D eigenvalue weighted by Crippen LogP contribution is -2.40. The SMILES string of the molecule is NC(=NC(=O)[C@H]1CCCCN1)c1ccc(-c2ccc(-c3ncc([C@H]4CCCCCN4)[nH]3)cc2)cc1N. The molecule has 0 bridgehead atoms. The Morgan fingerprint density at radius 2 is 1.61 bits per heavy atom. The summed E-state index contributed by atoms with van der Waals surface area (Å²) in [6.07, 6.45) is 9.75. The number of carbonyl (C=O) groups excluding carboxylic acids is 1. The summed E-state index contributed by atoms with van der Waals surface area (Å²) in [5.41, 5.74) is 17.7. The van der Waals surface area contributed by atoms with Crippen LogP contribution in [-0.2, 0) is 4.79 Å². The zero-order chi connectivity index (χ0) is 24.9. The van der Waals surface area contributed by atoms with Crippen LogP contribution in [0.15, 0.2) is 53.7 Å². The number of nitrogens with one attached hydrogen (secondary N) is 3. The Balaban J connectivity index is 1.28. The number of carbonyl (C=O) groups is 1. The van der Waals surface area contributed by atoms with Crippen molar-refractivity contribution in [3.05, 3.63) is 59.9 Å². The minimum absolute atomic E-state index is 0.156. The van der Waals surface area contributed by atoms with Gasteiger partial charge in [0.25, 0.3) is 5.91 Å². The number of H-pyrrole nitrogens is 1. The van der Waals surface area contributed by atoms with E-state index in [1.807, 2.05) is 24.4 Å². The van der Waals surface area contributed by atoms with Crippen LogP contribution in [0.25, 0.3) is 22.5 Å². The molecule has 2 fully saturated rings. The Morgan fingerprint density at radius 1 is 0.889 bits per heavy atom. The van der Waals surface area contributed by atoms with E-state index in [1.54, 1.807) is 0 Å². The molecule has 2 saturated heterocycles. The molecule has 5 rings (SSSR count). The first-order valence-electron chi connectivity index (χ1n) is 13.0. The molecule has 2 atom stereocenters. The van der Waals surface area contributed by atoms with Gasteiger partial charge in [0.2, 0.25) is 0 Å². The standard InChI is InChI=1S/C28H35N7O/c29-22-16-20(12-13-21(22)26(30)35-28(36)24-7-3-5-15-32-24)18-8-10-19(11-9-18)27-33-17-25(34-27)23-6-2-1-4-14-31-23/h8-13,16-17,23-24,31-32H,1-7,14-15,29H2,(H,33,34)(H2,30,35,36)/t23-,24-/m1/s1. The van der Waals surface area contributed by atoms with Crippen LogP contribution in [0.3, 0.4) is 0 Å². The molecular formula is C28H35N7O.